The minimum atomic E-state index is -0.109. The minimum absolute atomic E-state index is 0.0278. The lowest BCUT2D eigenvalue weighted by Crippen LogP contribution is -2.29. The summed E-state index contributed by atoms with van der Waals surface area (Å²) in [6.07, 6.45) is 4.10. The molecule has 62 heavy (non-hydrogen) atoms. The third-order valence-corrected chi connectivity index (χ3v) is 14.3. The van der Waals surface area contributed by atoms with Crippen molar-refractivity contribution in [2.75, 3.05) is 0 Å². The van der Waals surface area contributed by atoms with Gasteiger partial charge in [-0.15, -0.1) is 11.3 Å². The standard InChI is InChI=1S/C58H43N3S/c1-2-46-56(40-30-28-39(29-31-40)37-16-5-3-6-17-37)59-58(60-57(46)44-23-15-22-41(32-44)38-18-7-4-8-19-38)45-35-52(55-48-25-12-14-27-53(48)62-54(55)36-45)61-50-26-13-11-24-47(50)49-33-42-20-9-10-21-43(42)34-51(49)61/h3-34,36,46,52,57H,2,35H2,1H3. The summed E-state index contributed by atoms with van der Waals surface area (Å²) in [5.74, 6) is 0.934. The molecule has 0 spiro atoms. The van der Waals surface area contributed by atoms with Gasteiger partial charge in [0.05, 0.1) is 23.3 Å². The van der Waals surface area contributed by atoms with Crippen LogP contribution in [0.3, 0.4) is 0 Å². The fraction of sp³-hybridized carbons (Fsp3) is 0.103. The lowest BCUT2D eigenvalue weighted by molar-refractivity contribution is 0.531. The molecule has 3 unspecified atom stereocenters. The molecule has 0 bridgehead atoms. The molecule has 1 aliphatic heterocycles. The quantitative estimate of drug-likeness (QED) is 0.153. The van der Waals surface area contributed by atoms with Gasteiger partial charge in [-0.1, -0.05) is 171 Å². The number of aliphatic imine (C=N–C) groups is 2. The number of rotatable bonds is 7. The van der Waals surface area contributed by atoms with Gasteiger partial charge < -0.3 is 4.57 Å². The maximum Gasteiger partial charge on any atom is 0.151 e. The van der Waals surface area contributed by atoms with Crippen molar-refractivity contribution in [3.8, 4) is 22.3 Å². The van der Waals surface area contributed by atoms with Crippen LogP contribution < -0.4 is 0 Å². The summed E-state index contributed by atoms with van der Waals surface area (Å²) in [5, 5.41) is 6.41. The van der Waals surface area contributed by atoms with Crippen LogP contribution in [0.25, 0.3) is 71.0 Å². The van der Waals surface area contributed by atoms with Crippen molar-refractivity contribution < 1.29 is 0 Å². The van der Waals surface area contributed by atoms with Crippen LogP contribution in [-0.4, -0.2) is 16.1 Å². The molecule has 10 aromatic rings. The second-order valence-corrected chi connectivity index (χ2v) is 17.8. The van der Waals surface area contributed by atoms with Crippen LogP contribution >= 0.6 is 11.3 Å². The van der Waals surface area contributed by atoms with E-state index in [2.05, 4.69) is 212 Å². The molecule has 2 aliphatic rings. The Hall–Kier alpha value is -7.14. The number of amidine groups is 1. The van der Waals surface area contributed by atoms with E-state index in [1.807, 2.05) is 11.3 Å². The van der Waals surface area contributed by atoms with E-state index in [-0.39, 0.29) is 18.0 Å². The average Bonchev–Trinajstić information content (AvgIpc) is 3.88. The van der Waals surface area contributed by atoms with E-state index < -0.39 is 0 Å². The average molecular weight is 814 g/mol. The van der Waals surface area contributed by atoms with E-state index in [9.17, 15) is 0 Å². The summed E-state index contributed by atoms with van der Waals surface area (Å²) < 4.78 is 3.94. The molecule has 12 rings (SSSR count). The molecule has 3 nitrogen and oxygen atoms in total. The van der Waals surface area contributed by atoms with E-state index in [1.165, 1.54) is 86.5 Å². The van der Waals surface area contributed by atoms with Crippen LogP contribution in [0.4, 0.5) is 0 Å². The Balaban J connectivity index is 1.06. The fourth-order valence-electron chi connectivity index (χ4n) is 10.2. The summed E-state index contributed by atoms with van der Waals surface area (Å²) in [5.41, 5.74) is 13.4. The van der Waals surface area contributed by atoms with Crippen molar-refractivity contribution >= 4 is 71.6 Å². The summed E-state index contributed by atoms with van der Waals surface area (Å²) in [7, 11) is 0. The van der Waals surface area contributed by atoms with Gasteiger partial charge in [-0.2, -0.15) is 0 Å². The lowest BCUT2D eigenvalue weighted by atomic mass is 9.81. The van der Waals surface area contributed by atoms with E-state index in [4.69, 9.17) is 9.98 Å². The third kappa shape index (κ3) is 6.16. The van der Waals surface area contributed by atoms with Crippen molar-refractivity contribution in [3.05, 3.63) is 221 Å². The highest BCUT2D eigenvalue weighted by molar-refractivity contribution is 7.20. The zero-order chi connectivity index (χ0) is 41.1. The Morgan fingerprint density at radius 2 is 1.18 bits per heavy atom. The Labute approximate surface area is 365 Å². The molecule has 0 fully saturated rings. The molecule has 3 atom stereocenters. The van der Waals surface area contributed by atoms with Gasteiger partial charge in [-0.25, -0.2) is 4.99 Å². The highest BCUT2D eigenvalue weighted by Gasteiger charge is 2.36. The number of para-hydroxylation sites is 1. The van der Waals surface area contributed by atoms with Crippen molar-refractivity contribution in [3.63, 3.8) is 0 Å². The van der Waals surface area contributed by atoms with Crippen LogP contribution in [0.15, 0.2) is 210 Å². The van der Waals surface area contributed by atoms with Crippen LogP contribution in [-0.2, 0) is 0 Å². The van der Waals surface area contributed by atoms with Crippen molar-refractivity contribution in [1.29, 1.82) is 0 Å². The zero-order valence-electron chi connectivity index (χ0n) is 34.4. The van der Waals surface area contributed by atoms with Crippen LogP contribution in [0.5, 0.6) is 0 Å². The third-order valence-electron chi connectivity index (χ3n) is 13.2. The van der Waals surface area contributed by atoms with Gasteiger partial charge in [-0.05, 0) is 92.4 Å². The van der Waals surface area contributed by atoms with Crippen molar-refractivity contribution in [2.24, 2.45) is 15.9 Å². The molecule has 0 amide bonds. The van der Waals surface area contributed by atoms with Gasteiger partial charge in [0.15, 0.2) is 5.84 Å². The lowest BCUT2D eigenvalue weighted by Gasteiger charge is -2.32. The summed E-state index contributed by atoms with van der Waals surface area (Å²) in [6, 6.07) is 70.8. The molecule has 0 saturated carbocycles. The molecule has 0 saturated heterocycles. The Bertz CT molecular complexity index is 3420. The van der Waals surface area contributed by atoms with Crippen molar-refractivity contribution in [1.82, 2.24) is 4.57 Å². The maximum absolute atomic E-state index is 5.77. The molecule has 2 aromatic heterocycles. The molecule has 8 aromatic carbocycles. The number of thiophene rings is 1. The highest BCUT2D eigenvalue weighted by Crippen LogP contribution is 2.49. The Kier molecular flexibility index (Phi) is 8.93. The number of benzene rings is 8. The zero-order valence-corrected chi connectivity index (χ0v) is 35.3. The fourth-order valence-corrected chi connectivity index (χ4v) is 11.4. The molecule has 296 valence electrons. The number of fused-ring (bicyclic) bond motifs is 7. The molecule has 0 N–H and O–H groups in total. The second kappa shape index (κ2) is 15.1. The van der Waals surface area contributed by atoms with Crippen LogP contribution in [0.1, 0.15) is 53.4 Å². The van der Waals surface area contributed by atoms with Gasteiger partial charge in [-0.3, -0.25) is 4.99 Å². The first-order valence-corrected chi connectivity index (χ1v) is 22.6. The van der Waals surface area contributed by atoms with Crippen LogP contribution in [0, 0.1) is 5.92 Å². The Morgan fingerprint density at radius 1 is 0.548 bits per heavy atom. The van der Waals surface area contributed by atoms with E-state index in [1.54, 1.807) is 0 Å². The smallest absolute Gasteiger partial charge is 0.151 e. The van der Waals surface area contributed by atoms with Crippen molar-refractivity contribution in [2.45, 2.75) is 31.8 Å². The first-order valence-electron chi connectivity index (χ1n) is 21.8. The van der Waals surface area contributed by atoms with E-state index >= 15 is 0 Å². The second-order valence-electron chi connectivity index (χ2n) is 16.7. The van der Waals surface area contributed by atoms with Gasteiger partial charge in [0.25, 0.3) is 0 Å². The largest absolute Gasteiger partial charge is 0.332 e. The topological polar surface area (TPSA) is 29.6 Å². The number of nitrogens with zero attached hydrogens (tertiary/aromatic N) is 3. The predicted molar refractivity (Wildman–Crippen MR) is 264 cm³/mol. The molecular formula is C58H43N3S. The first kappa shape index (κ1) is 36.7. The molecule has 1 aliphatic carbocycles. The van der Waals surface area contributed by atoms with Crippen LogP contribution in [0.2, 0.25) is 0 Å². The highest BCUT2D eigenvalue weighted by atomic mass is 32.1. The molecule has 3 heterocycles. The Morgan fingerprint density at radius 3 is 1.95 bits per heavy atom. The predicted octanol–water partition coefficient (Wildman–Crippen LogP) is 15.5. The van der Waals surface area contributed by atoms with Gasteiger partial charge in [0.1, 0.15) is 0 Å². The summed E-state index contributed by atoms with van der Waals surface area (Å²) in [6.45, 7) is 2.29. The van der Waals surface area contributed by atoms with Gasteiger partial charge in [0, 0.05) is 49.3 Å². The summed E-state index contributed by atoms with van der Waals surface area (Å²) >= 11 is 1.89. The number of aromatic nitrogens is 1. The summed E-state index contributed by atoms with van der Waals surface area (Å²) in [4.78, 5) is 12.7. The van der Waals surface area contributed by atoms with Gasteiger partial charge >= 0.3 is 0 Å². The monoisotopic (exact) mass is 813 g/mol. The molecule has 4 heteroatoms. The first-order chi connectivity index (χ1) is 30.7. The normalized spacial score (nSPS) is 17.6. The molecular weight excluding hydrogens is 771 g/mol. The number of hydrogen-bond donors (Lipinski definition) is 0. The SMILES string of the molecule is CCC1C(c2ccc(-c3ccccc3)cc2)=NC(C2=Cc3sc4ccccc4c3C(n3c4ccccc4c4cc5ccccc5cc43)C2)=NC1c1cccc(-c2ccccc2)c1. The van der Waals surface area contributed by atoms with E-state index in [0.29, 0.717) is 0 Å². The molecule has 0 radical (unpaired) electrons. The minimum Gasteiger partial charge on any atom is -0.332 e. The van der Waals surface area contributed by atoms with E-state index in [0.717, 1.165) is 30.0 Å². The number of hydrogen-bond acceptors (Lipinski definition) is 3. The van der Waals surface area contributed by atoms with Gasteiger partial charge in [0.2, 0.25) is 0 Å². The maximum atomic E-state index is 5.77.